The van der Waals surface area contributed by atoms with Gasteiger partial charge in [0.05, 0.1) is 0 Å². The summed E-state index contributed by atoms with van der Waals surface area (Å²) in [5.74, 6) is 0.569. The molecule has 0 saturated carbocycles. The van der Waals surface area contributed by atoms with E-state index in [4.69, 9.17) is 4.74 Å². The normalized spacial score (nSPS) is 10.2. The van der Waals surface area contributed by atoms with E-state index < -0.39 is 0 Å². The third-order valence-electron chi connectivity index (χ3n) is 1.73. The number of rotatable bonds is 7. The van der Waals surface area contributed by atoms with Crippen molar-refractivity contribution in [2.45, 2.75) is 19.8 Å². The van der Waals surface area contributed by atoms with Crippen LogP contribution >= 0.6 is 0 Å². The number of tetrazole rings is 1. The minimum Gasteiger partial charge on any atom is -0.372 e. The molecule has 0 spiro atoms. The summed E-state index contributed by atoms with van der Waals surface area (Å²) in [6, 6.07) is 0. The van der Waals surface area contributed by atoms with Gasteiger partial charge in [0.25, 0.3) is 0 Å². The molecule has 1 heterocycles. The topological polar surface area (TPSA) is 92.8 Å². The number of H-pyrrole nitrogens is 1. The second-order valence-electron chi connectivity index (χ2n) is 2.92. The second kappa shape index (κ2) is 6.88. The predicted octanol–water partition coefficient (Wildman–Crippen LogP) is -0.715. The molecule has 0 unspecified atom stereocenters. The zero-order chi connectivity index (χ0) is 10.9. The van der Waals surface area contributed by atoms with Gasteiger partial charge in [0.1, 0.15) is 6.61 Å². The minimum atomic E-state index is -0.0926. The first kappa shape index (κ1) is 11.6. The molecule has 0 atom stereocenters. The molecule has 0 saturated heterocycles. The number of hydrogen-bond acceptors (Lipinski definition) is 5. The maximum Gasteiger partial charge on any atom is 0.245 e. The lowest BCUT2D eigenvalue weighted by molar-refractivity contribution is -0.125. The Morgan fingerprint density at radius 2 is 2.47 bits per heavy atom. The standard InChI is InChI=1S/C8H15N5O2/c1-2-15-6-8(14)9-5-3-4-7-10-12-13-11-7/h2-6H2,1H3,(H,9,14)(H,10,11,12,13). The molecule has 1 aromatic heterocycles. The van der Waals surface area contributed by atoms with Gasteiger partial charge in [0.15, 0.2) is 5.82 Å². The van der Waals surface area contributed by atoms with Crippen molar-refractivity contribution >= 4 is 5.91 Å². The average molecular weight is 213 g/mol. The summed E-state index contributed by atoms with van der Waals surface area (Å²) in [5.41, 5.74) is 0. The number of aromatic nitrogens is 4. The fraction of sp³-hybridized carbons (Fsp3) is 0.750. The van der Waals surface area contributed by atoms with E-state index in [2.05, 4.69) is 25.9 Å². The first-order chi connectivity index (χ1) is 7.33. The van der Waals surface area contributed by atoms with Gasteiger partial charge >= 0.3 is 0 Å². The number of nitrogens with one attached hydrogen (secondary N) is 2. The Balaban J connectivity index is 1.99. The molecule has 7 nitrogen and oxygen atoms in total. The summed E-state index contributed by atoms with van der Waals surface area (Å²) in [6.45, 7) is 3.12. The fourth-order valence-corrected chi connectivity index (χ4v) is 1.01. The van der Waals surface area contributed by atoms with Crippen molar-refractivity contribution in [2.75, 3.05) is 19.8 Å². The Morgan fingerprint density at radius 1 is 1.60 bits per heavy atom. The molecule has 0 aliphatic heterocycles. The van der Waals surface area contributed by atoms with Gasteiger partial charge in [-0.2, -0.15) is 5.21 Å². The first-order valence-electron chi connectivity index (χ1n) is 4.89. The van der Waals surface area contributed by atoms with E-state index in [-0.39, 0.29) is 12.5 Å². The van der Waals surface area contributed by atoms with Crippen molar-refractivity contribution in [3.05, 3.63) is 5.82 Å². The van der Waals surface area contributed by atoms with E-state index in [1.807, 2.05) is 6.92 Å². The maximum absolute atomic E-state index is 11.1. The number of hydrogen-bond donors (Lipinski definition) is 2. The smallest absolute Gasteiger partial charge is 0.245 e. The molecule has 2 N–H and O–H groups in total. The third kappa shape index (κ3) is 5.06. The lowest BCUT2D eigenvalue weighted by Gasteiger charge is -2.03. The molecule has 0 aliphatic rings. The lowest BCUT2D eigenvalue weighted by atomic mass is 10.3. The van der Waals surface area contributed by atoms with Crippen LogP contribution in [0.25, 0.3) is 0 Å². The molecule has 0 bridgehead atoms. The summed E-state index contributed by atoms with van der Waals surface area (Å²) in [5, 5.41) is 16.1. The third-order valence-corrected chi connectivity index (χ3v) is 1.73. The SMILES string of the molecule is CCOCC(=O)NCCCc1nn[nH]n1. The van der Waals surface area contributed by atoms with E-state index >= 15 is 0 Å². The second-order valence-corrected chi connectivity index (χ2v) is 2.92. The number of aromatic amines is 1. The van der Waals surface area contributed by atoms with Crippen LogP contribution in [-0.2, 0) is 16.0 Å². The highest BCUT2D eigenvalue weighted by Gasteiger charge is 2.01. The van der Waals surface area contributed by atoms with E-state index in [1.165, 1.54) is 0 Å². The summed E-state index contributed by atoms with van der Waals surface area (Å²) in [6.07, 6.45) is 1.49. The quantitative estimate of drug-likeness (QED) is 0.583. The van der Waals surface area contributed by atoms with Crippen LogP contribution in [0.4, 0.5) is 0 Å². The van der Waals surface area contributed by atoms with Crippen LogP contribution in [0.2, 0.25) is 0 Å². The molecule has 0 aromatic carbocycles. The predicted molar refractivity (Wildman–Crippen MR) is 52.0 cm³/mol. The number of amides is 1. The number of aryl methyl sites for hydroxylation is 1. The Bertz CT molecular complexity index is 275. The van der Waals surface area contributed by atoms with Crippen molar-refractivity contribution in [3.63, 3.8) is 0 Å². The Labute approximate surface area is 87.6 Å². The number of ether oxygens (including phenoxy) is 1. The highest BCUT2D eigenvalue weighted by molar-refractivity contribution is 5.77. The van der Waals surface area contributed by atoms with Gasteiger partial charge in [0, 0.05) is 19.6 Å². The molecule has 0 radical (unpaired) electrons. The molecule has 0 fully saturated rings. The molecule has 0 aliphatic carbocycles. The fourth-order valence-electron chi connectivity index (χ4n) is 1.01. The summed E-state index contributed by atoms with van der Waals surface area (Å²) < 4.78 is 4.95. The number of carbonyl (C=O) groups excluding carboxylic acids is 1. The van der Waals surface area contributed by atoms with Crippen LogP contribution in [0.15, 0.2) is 0 Å². The first-order valence-corrected chi connectivity index (χ1v) is 4.89. The lowest BCUT2D eigenvalue weighted by Crippen LogP contribution is -2.28. The number of nitrogens with zero attached hydrogens (tertiary/aromatic N) is 3. The van der Waals surface area contributed by atoms with Gasteiger partial charge in [-0.05, 0) is 13.3 Å². The van der Waals surface area contributed by atoms with E-state index in [1.54, 1.807) is 0 Å². The van der Waals surface area contributed by atoms with Crippen LogP contribution in [0.5, 0.6) is 0 Å². The van der Waals surface area contributed by atoms with Crippen LogP contribution in [0, 0.1) is 0 Å². The van der Waals surface area contributed by atoms with Gasteiger partial charge in [-0.15, -0.1) is 10.2 Å². The van der Waals surface area contributed by atoms with Gasteiger partial charge in [-0.25, -0.2) is 0 Å². The molecule has 1 amide bonds. The van der Waals surface area contributed by atoms with Crippen LogP contribution in [0.1, 0.15) is 19.2 Å². The summed E-state index contributed by atoms with van der Waals surface area (Å²) in [4.78, 5) is 11.1. The molecule has 1 rings (SSSR count). The highest BCUT2D eigenvalue weighted by atomic mass is 16.5. The maximum atomic E-state index is 11.1. The van der Waals surface area contributed by atoms with E-state index in [0.717, 1.165) is 6.42 Å². The van der Waals surface area contributed by atoms with Gasteiger partial charge in [-0.1, -0.05) is 5.21 Å². The largest absolute Gasteiger partial charge is 0.372 e. The zero-order valence-electron chi connectivity index (χ0n) is 8.69. The van der Waals surface area contributed by atoms with Crippen molar-refractivity contribution in [2.24, 2.45) is 0 Å². The van der Waals surface area contributed by atoms with Gasteiger partial charge in [0.2, 0.25) is 5.91 Å². The molecule has 15 heavy (non-hydrogen) atoms. The van der Waals surface area contributed by atoms with E-state index in [9.17, 15) is 4.79 Å². The molecule has 84 valence electrons. The van der Waals surface area contributed by atoms with Gasteiger partial charge in [-0.3, -0.25) is 4.79 Å². The van der Waals surface area contributed by atoms with Crippen molar-refractivity contribution in [3.8, 4) is 0 Å². The molecule has 1 aromatic rings. The van der Waals surface area contributed by atoms with Crippen LogP contribution in [0.3, 0.4) is 0 Å². The minimum absolute atomic E-state index is 0.0926. The van der Waals surface area contributed by atoms with Gasteiger partial charge < -0.3 is 10.1 Å². The highest BCUT2D eigenvalue weighted by Crippen LogP contribution is 1.89. The molecular formula is C8H15N5O2. The van der Waals surface area contributed by atoms with Crippen LogP contribution in [-0.4, -0.2) is 46.3 Å². The average Bonchev–Trinajstić information content (AvgIpc) is 2.74. The van der Waals surface area contributed by atoms with E-state index in [0.29, 0.717) is 25.4 Å². The number of carbonyl (C=O) groups is 1. The monoisotopic (exact) mass is 213 g/mol. The summed E-state index contributed by atoms with van der Waals surface area (Å²) >= 11 is 0. The Kier molecular flexibility index (Phi) is 5.31. The Morgan fingerprint density at radius 3 is 3.13 bits per heavy atom. The zero-order valence-corrected chi connectivity index (χ0v) is 8.69. The molecule has 7 heteroatoms. The summed E-state index contributed by atoms with van der Waals surface area (Å²) in [7, 11) is 0. The van der Waals surface area contributed by atoms with Crippen molar-refractivity contribution in [1.29, 1.82) is 0 Å². The Hall–Kier alpha value is -1.50. The van der Waals surface area contributed by atoms with Crippen molar-refractivity contribution < 1.29 is 9.53 Å². The molecular weight excluding hydrogens is 198 g/mol. The van der Waals surface area contributed by atoms with Crippen molar-refractivity contribution in [1.82, 2.24) is 25.9 Å². The van der Waals surface area contributed by atoms with Crippen LogP contribution < -0.4 is 5.32 Å².